The summed E-state index contributed by atoms with van der Waals surface area (Å²) in [4.78, 5) is 13.9. The zero-order valence-corrected chi connectivity index (χ0v) is 8.13. The Labute approximate surface area is 81.7 Å². The van der Waals surface area contributed by atoms with E-state index in [9.17, 15) is 4.79 Å². The summed E-state index contributed by atoms with van der Waals surface area (Å²) in [6, 6.07) is 5.77. The predicted octanol–water partition coefficient (Wildman–Crippen LogP) is 2.40. The Morgan fingerprint density at radius 1 is 1.43 bits per heavy atom. The number of aryl methyl sites for hydroxylation is 1. The fourth-order valence-corrected chi connectivity index (χ4v) is 1.51. The van der Waals surface area contributed by atoms with Crippen LogP contribution < -0.4 is 4.74 Å². The van der Waals surface area contributed by atoms with Crippen LogP contribution in [0.25, 0.3) is 10.9 Å². The lowest BCUT2D eigenvalue weighted by molar-refractivity contribution is -0.131. The third-order valence-electron chi connectivity index (χ3n) is 2.03. The number of nitrogens with one attached hydrogen (secondary N) is 1. The molecule has 1 heterocycles. The van der Waals surface area contributed by atoms with Crippen molar-refractivity contribution in [3.63, 3.8) is 0 Å². The van der Waals surface area contributed by atoms with E-state index in [1.807, 2.05) is 31.3 Å². The summed E-state index contributed by atoms with van der Waals surface area (Å²) in [7, 11) is 0. The first-order chi connectivity index (χ1) is 6.66. The molecule has 2 rings (SSSR count). The summed E-state index contributed by atoms with van der Waals surface area (Å²) in [5.74, 6) is 0.326. The molecular weight excluding hydrogens is 178 g/mol. The van der Waals surface area contributed by atoms with Crippen LogP contribution in [0.1, 0.15) is 12.5 Å². The van der Waals surface area contributed by atoms with Crippen LogP contribution in [-0.2, 0) is 4.79 Å². The van der Waals surface area contributed by atoms with E-state index in [-0.39, 0.29) is 5.97 Å². The minimum atomic E-state index is -0.293. The van der Waals surface area contributed by atoms with Crippen molar-refractivity contribution in [2.24, 2.45) is 0 Å². The van der Waals surface area contributed by atoms with Gasteiger partial charge in [0.15, 0.2) is 0 Å². The molecule has 1 N–H and O–H groups in total. The van der Waals surface area contributed by atoms with Gasteiger partial charge in [-0.15, -0.1) is 0 Å². The molecule has 0 aliphatic carbocycles. The summed E-state index contributed by atoms with van der Waals surface area (Å²) in [6.45, 7) is 3.37. The number of H-pyrrole nitrogens is 1. The van der Waals surface area contributed by atoms with Gasteiger partial charge in [-0.2, -0.15) is 0 Å². The SMILES string of the molecule is CC(=O)Oc1cc(C)cc2[nH]ccc12. The van der Waals surface area contributed by atoms with Gasteiger partial charge in [-0.25, -0.2) is 0 Å². The maximum atomic E-state index is 10.9. The van der Waals surface area contributed by atoms with E-state index >= 15 is 0 Å². The number of esters is 1. The molecule has 0 radical (unpaired) electrons. The highest BCUT2D eigenvalue weighted by Gasteiger charge is 2.06. The second kappa shape index (κ2) is 3.18. The van der Waals surface area contributed by atoms with E-state index < -0.39 is 0 Å². The molecule has 2 aromatic rings. The first-order valence-corrected chi connectivity index (χ1v) is 4.43. The maximum absolute atomic E-state index is 10.9. The lowest BCUT2D eigenvalue weighted by atomic mass is 10.1. The molecule has 0 amide bonds. The molecule has 0 bridgehead atoms. The van der Waals surface area contributed by atoms with E-state index in [2.05, 4.69) is 4.98 Å². The zero-order chi connectivity index (χ0) is 10.1. The smallest absolute Gasteiger partial charge is 0.308 e. The van der Waals surface area contributed by atoms with Gasteiger partial charge in [-0.05, 0) is 30.7 Å². The lowest BCUT2D eigenvalue weighted by Crippen LogP contribution is -2.01. The Morgan fingerprint density at radius 2 is 2.21 bits per heavy atom. The number of carbonyl (C=O) groups is 1. The van der Waals surface area contributed by atoms with Crippen LogP contribution in [0.3, 0.4) is 0 Å². The molecule has 0 saturated carbocycles. The molecule has 0 fully saturated rings. The molecule has 3 heteroatoms. The minimum Gasteiger partial charge on any atom is -0.426 e. The third kappa shape index (κ3) is 1.48. The lowest BCUT2D eigenvalue weighted by Gasteiger charge is -2.04. The largest absolute Gasteiger partial charge is 0.426 e. The average Bonchev–Trinajstić information content (AvgIpc) is 2.50. The Balaban J connectivity index is 2.60. The summed E-state index contributed by atoms with van der Waals surface area (Å²) in [5.41, 5.74) is 2.05. The van der Waals surface area contributed by atoms with Crippen molar-refractivity contribution >= 4 is 16.9 Å². The summed E-state index contributed by atoms with van der Waals surface area (Å²) in [5, 5.41) is 0.936. The Hall–Kier alpha value is -1.77. The molecule has 72 valence electrons. The van der Waals surface area contributed by atoms with Gasteiger partial charge in [-0.1, -0.05) is 0 Å². The van der Waals surface area contributed by atoms with Crippen LogP contribution in [0, 0.1) is 6.92 Å². The molecule has 1 aromatic heterocycles. The van der Waals surface area contributed by atoms with E-state index in [4.69, 9.17) is 4.74 Å². The highest BCUT2D eigenvalue weighted by molar-refractivity contribution is 5.88. The van der Waals surface area contributed by atoms with Crippen LogP contribution in [0.5, 0.6) is 5.75 Å². The number of aromatic nitrogens is 1. The van der Waals surface area contributed by atoms with Crippen molar-refractivity contribution in [1.82, 2.24) is 4.98 Å². The predicted molar refractivity (Wildman–Crippen MR) is 54.3 cm³/mol. The van der Waals surface area contributed by atoms with Crippen LogP contribution in [-0.4, -0.2) is 11.0 Å². The normalized spacial score (nSPS) is 10.4. The van der Waals surface area contributed by atoms with Crippen LogP contribution in [0.15, 0.2) is 24.4 Å². The number of aromatic amines is 1. The second-order valence-corrected chi connectivity index (χ2v) is 3.30. The summed E-state index contributed by atoms with van der Waals surface area (Å²) in [6.07, 6.45) is 1.83. The van der Waals surface area contributed by atoms with Crippen LogP contribution in [0.2, 0.25) is 0 Å². The first kappa shape index (κ1) is 8.81. The number of rotatable bonds is 1. The van der Waals surface area contributed by atoms with Gasteiger partial charge in [0.2, 0.25) is 0 Å². The standard InChI is InChI=1S/C11H11NO2/c1-7-5-10-9(3-4-12-10)11(6-7)14-8(2)13/h3-6,12H,1-2H3. The van der Waals surface area contributed by atoms with Crippen molar-refractivity contribution in [1.29, 1.82) is 0 Å². The number of carbonyl (C=O) groups excluding carboxylic acids is 1. The molecule has 3 nitrogen and oxygen atoms in total. The number of fused-ring (bicyclic) bond motifs is 1. The van der Waals surface area contributed by atoms with E-state index in [1.54, 1.807) is 0 Å². The van der Waals surface area contributed by atoms with Crippen molar-refractivity contribution < 1.29 is 9.53 Å². The fraction of sp³-hybridized carbons (Fsp3) is 0.182. The topological polar surface area (TPSA) is 42.1 Å². The van der Waals surface area contributed by atoms with E-state index in [1.165, 1.54) is 6.92 Å². The first-order valence-electron chi connectivity index (χ1n) is 4.43. The molecule has 0 unspecified atom stereocenters. The van der Waals surface area contributed by atoms with Gasteiger partial charge in [0.1, 0.15) is 5.75 Å². The Bertz CT molecular complexity index is 485. The number of benzene rings is 1. The van der Waals surface area contributed by atoms with E-state index in [0.29, 0.717) is 5.75 Å². The number of hydrogen-bond donors (Lipinski definition) is 1. The van der Waals surface area contributed by atoms with Gasteiger partial charge in [-0.3, -0.25) is 4.79 Å². The fourth-order valence-electron chi connectivity index (χ4n) is 1.51. The van der Waals surface area contributed by atoms with Crippen molar-refractivity contribution in [3.05, 3.63) is 30.0 Å². The van der Waals surface area contributed by atoms with Crippen molar-refractivity contribution in [2.75, 3.05) is 0 Å². The summed E-state index contributed by atoms with van der Waals surface area (Å²) >= 11 is 0. The van der Waals surface area contributed by atoms with Crippen molar-refractivity contribution in [3.8, 4) is 5.75 Å². The van der Waals surface area contributed by atoms with Crippen LogP contribution in [0.4, 0.5) is 0 Å². The maximum Gasteiger partial charge on any atom is 0.308 e. The highest BCUT2D eigenvalue weighted by Crippen LogP contribution is 2.26. The van der Waals surface area contributed by atoms with Gasteiger partial charge < -0.3 is 9.72 Å². The molecule has 0 saturated heterocycles. The van der Waals surface area contributed by atoms with Gasteiger partial charge in [0, 0.05) is 24.0 Å². The average molecular weight is 189 g/mol. The van der Waals surface area contributed by atoms with E-state index in [0.717, 1.165) is 16.5 Å². The Morgan fingerprint density at radius 3 is 2.93 bits per heavy atom. The molecule has 1 aromatic carbocycles. The quantitative estimate of drug-likeness (QED) is 0.553. The highest BCUT2D eigenvalue weighted by atomic mass is 16.5. The second-order valence-electron chi connectivity index (χ2n) is 3.30. The monoisotopic (exact) mass is 189 g/mol. The number of ether oxygens (including phenoxy) is 1. The molecule has 0 aliphatic rings. The molecule has 0 aliphatic heterocycles. The molecule has 14 heavy (non-hydrogen) atoms. The van der Waals surface area contributed by atoms with Crippen molar-refractivity contribution in [2.45, 2.75) is 13.8 Å². The summed E-state index contributed by atoms with van der Waals surface area (Å²) < 4.78 is 5.11. The zero-order valence-electron chi connectivity index (χ0n) is 8.13. The molecule has 0 atom stereocenters. The van der Waals surface area contributed by atoms with Crippen LogP contribution >= 0.6 is 0 Å². The van der Waals surface area contributed by atoms with Gasteiger partial charge in [0.05, 0.1) is 0 Å². The number of hydrogen-bond acceptors (Lipinski definition) is 2. The molecule has 0 spiro atoms. The minimum absolute atomic E-state index is 0.293. The van der Waals surface area contributed by atoms with Gasteiger partial charge >= 0.3 is 5.97 Å². The Kier molecular flexibility index (Phi) is 2.00. The third-order valence-corrected chi connectivity index (χ3v) is 2.03. The van der Waals surface area contributed by atoms with Gasteiger partial charge in [0.25, 0.3) is 0 Å². The molecular formula is C11H11NO2.